The first-order chi connectivity index (χ1) is 10.5. The fourth-order valence-corrected chi connectivity index (χ4v) is 1.78. The summed E-state index contributed by atoms with van der Waals surface area (Å²) in [5.74, 6) is -0.371. The van der Waals surface area contributed by atoms with Gasteiger partial charge in [-0.3, -0.25) is 14.9 Å². The molecule has 0 atom stereocenters. The lowest BCUT2D eigenvalue weighted by molar-refractivity contribution is -0.384. The van der Waals surface area contributed by atoms with Crippen LogP contribution < -0.4 is 5.32 Å². The van der Waals surface area contributed by atoms with Gasteiger partial charge in [-0.2, -0.15) is 5.26 Å². The van der Waals surface area contributed by atoms with E-state index in [1.807, 2.05) is 0 Å². The molecule has 0 fully saturated rings. The van der Waals surface area contributed by atoms with Crippen molar-refractivity contribution in [3.05, 3.63) is 63.1 Å². The molecule has 0 radical (unpaired) electrons. The van der Waals surface area contributed by atoms with E-state index in [2.05, 4.69) is 5.32 Å². The Labute approximate surface area is 129 Å². The van der Waals surface area contributed by atoms with Gasteiger partial charge in [0.15, 0.2) is 0 Å². The lowest BCUT2D eigenvalue weighted by atomic mass is 10.2. The van der Waals surface area contributed by atoms with E-state index in [0.717, 1.165) is 6.07 Å². The van der Waals surface area contributed by atoms with E-state index in [1.165, 1.54) is 24.5 Å². The number of nitriles is 1. The molecule has 0 saturated heterocycles. The van der Waals surface area contributed by atoms with Gasteiger partial charge in [0.1, 0.15) is 22.4 Å². The van der Waals surface area contributed by atoms with Crippen LogP contribution in [0, 0.1) is 21.4 Å². The first-order valence-electron chi connectivity index (χ1n) is 5.92. The predicted octanol–water partition coefficient (Wildman–Crippen LogP) is 3.39. The minimum Gasteiger partial charge on any atom is -0.465 e. The summed E-state index contributed by atoms with van der Waals surface area (Å²) in [6.07, 6.45) is 2.67. The molecule has 0 saturated carbocycles. The third kappa shape index (κ3) is 3.50. The lowest BCUT2D eigenvalue weighted by Crippen LogP contribution is -2.13. The molecule has 110 valence electrons. The third-order valence-corrected chi connectivity index (χ3v) is 2.92. The molecule has 1 amide bonds. The van der Waals surface area contributed by atoms with Crippen LogP contribution in [0.5, 0.6) is 0 Å². The van der Waals surface area contributed by atoms with E-state index in [-0.39, 0.29) is 22.0 Å². The molecule has 0 aliphatic heterocycles. The second kappa shape index (κ2) is 6.56. The Morgan fingerprint density at radius 1 is 1.45 bits per heavy atom. The van der Waals surface area contributed by atoms with Crippen LogP contribution in [-0.2, 0) is 4.79 Å². The molecule has 1 N–H and O–H groups in total. The Hall–Kier alpha value is -3.11. The average molecular weight is 318 g/mol. The van der Waals surface area contributed by atoms with Gasteiger partial charge in [-0.25, -0.2) is 0 Å². The van der Waals surface area contributed by atoms with Gasteiger partial charge in [-0.15, -0.1) is 0 Å². The Kier molecular flexibility index (Phi) is 4.56. The van der Waals surface area contributed by atoms with Crippen molar-refractivity contribution >= 4 is 35.0 Å². The number of hydrogen-bond acceptors (Lipinski definition) is 5. The molecule has 1 heterocycles. The SMILES string of the molecule is N#C/C(=C\c1ccco1)C(=O)Nc1ccc(Cl)c([N+](=O)[O-])c1. The van der Waals surface area contributed by atoms with Crippen molar-refractivity contribution in [1.82, 2.24) is 0 Å². The number of furan rings is 1. The number of carbonyl (C=O) groups excluding carboxylic acids is 1. The van der Waals surface area contributed by atoms with Gasteiger partial charge in [0.25, 0.3) is 11.6 Å². The summed E-state index contributed by atoms with van der Waals surface area (Å²) in [4.78, 5) is 22.1. The van der Waals surface area contributed by atoms with Crippen LogP contribution >= 0.6 is 11.6 Å². The number of nitro groups is 1. The predicted molar refractivity (Wildman–Crippen MR) is 79.0 cm³/mol. The number of carbonyl (C=O) groups is 1. The van der Waals surface area contributed by atoms with Crippen molar-refractivity contribution in [1.29, 1.82) is 5.26 Å². The van der Waals surface area contributed by atoms with Gasteiger partial charge in [-0.05, 0) is 24.3 Å². The van der Waals surface area contributed by atoms with Crippen LogP contribution in [0.15, 0.2) is 46.6 Å². The standard InChI is InChI=1S/C14H8ClN3O4/c15-12-4-3-10(7-13(12)18(20)21)17-14(19)9(8-16)6-11-2-1-5-22-11/h1-7H,(H,17,19)/b9-6+. The fourth-order valence-electron chi connectivity index (χ4n) is 1.59. The molecule has 1 aromatic heterocycles. The highest BCUT2D eigenvalue weighted by Crippen LogP contribution is 2.27. The third-order valence-electron chi connectivity index (χ3n) is 2.60. The molecule has 0 aliphatic carbocycles. The van der Waals surface area contributed by atoms with Crippen molar-refractivity contribution in [2.45, 2.75) is 0 Å². The normalized spacial score (nSPS) is 10.8. The fraction of sp³-hybridized carbons (Fsp3) is 0. The number of nitrogens with zero attached hydrogens (tertiary/aromatic N) is 2. The Bertz CT molecular complexity index is 791. The summed E-state index contributed by atoms with van der Waals surface area (Å²) >= 11 is 5.68. The first kappa shape index (κ1) is 15.3. The van der Waals surface area contributed by atoms with Crippen LogP contribution in [0.25, 0.3) is 6.08 Å². The molecule has 2 rings (SSSR count). The first-order valence-corrected chi connectivity index (χ1v) is 6.29. The summed E-state index contributed by atoms with van der Waals surface area (Å²) in [5.41, 5.74) is -0.387. The van der Waals surface area contributed by atoms with Crippen molar-refractivity contribution in [3.63, 3.8) is 0 Å². The quantitative estimate of drug-likeness (QED) is 0.402. The lowest BCUT2D eigenvalue weighted by Gasteiger charge is -2.04. The van der Waals surface area contributed by atoms with Gasteiger partial charge in [-0.1, -0.05) is 11.6 Å². The van der Waals surface area contributed by atoms with Gasteiger partial charge >= 0.3 is 0 Å². The van der Waals surface area contributed by atoms with Crippen molar-refractivity contribution in [2.24, 2.45) is 0 Å². The van der Waals surface area contributed by atoms with E-state index in [9.17, 15) is 14.9 Å². The summed E-state index contributed by atoms with van der Waals surface area (Å²) in [6, 6.07) is 8.73. The molecule has 8 heteroatoms. The minimum absolute atomic E-state index is 0.0466. The monoisotopic (exact) mass is 317 g/mol. The summed E-state index contributed by atoms with van der Waals surface area (Å²) in [6.45, 7) is 0. The summed E-state index contributed by atoms with van der Waals surface area (Å²) in [7, 11) is 0. The number of hydrogen-bond donors (Lipinski definition) is 1. The van der Waals surface area contributed by atoms with Crippen molar-refractivity contribution in [2.75, 3.05) is 5.32 Å². The van der Waals surface area contributed by atoms with E-state index >= 15 is 0 Å². The smallest absolute Gasteiger partial charge is 0.289 e. The van der Waals surface area contributed by atoms with E-state index in [4.69, 9.17) is 21.3 Å². The van der Waals surface area contributed by atoms with Crippen LogP contribution in [0.3, 0.4) is 0 Å². The van der Waals surface area contributed by atoms with Gasteiger partial charge in [0.05, 0.1) is 11.2 Å². The van der Waals surface area contributed by atoms with E-state index in [0.29, 0.717) is 5.76 Å². The van der Waals surface area contributed by atoms with Crippen molar-refractivity contribution in [3.8, 4) is 6.07 Å². The minimum atomic E-state index is -0.712. The molecule has 0 spiro atoms. The zero-order valence-electron chi connectivity index (χ0n) is 10.9. The second-order valence-corrected chi connectivity index (χ2v) is 4.47. The number of nitro benzene ring substituents is 1. The van der Waals surface area contributed by atoms with Crippen molar-refractivity contribution < 1.29 is 14.1 Å². The zero-order valence-corrected chi connectivity index (χ0v) is 11.7. The molecular weight excluding hydrogens is 310 g/mol. The number of benzene rings is 1. The van der Waals surface area contributed by atoms with Crippen LogP contribution in [0.2, 0.25) is 5.02 Å². The topological polar surface area (TPSA) is 109 Å². The molecule has 0 aliphatic rings. The molecule has 1 aromatic carbocycles. The molecule has 0 unspecified atom stereocenters. The Morgan fingerprint density at radius 2 is 2.23 bits per heavy atom. The van der Waals surface area contributed by atoms with Crippen LogP contribution in [0.1, 0.15) is 5.76 Å². The maximum Gasteiger partial charge on any atom is 0.289 e. The average Bonchev–Trinajstić information content (AvgIpc) is 2.99. The zero-order chi connectivity index (χ0) is 16.1. The summed E-state index contributed by atoms with van der Waals surface area (Å²) in [5, 5.41) is 22.2. The van der Waals surface area contributed by atoms with Gasteiger partial charge in [0, 0.05) is 17.8 Å². The number of rotatable bonds is 4. The summed E-state index contributed by atoms with van der Waals surface area (Å²) < 4.78 is 5.02. The van der Waals surface area contributed by atoms with Crippen LogP contribution in [0.4, 0.5) is 11.4 Å². The number of nitrogens with one attached hydrogen (secondary N) is 1. The highest BCUT2D eigenvalue weighted by molar-refractivity contribution is 6.32. The highest BCUT2D eigenvalue weighted by Gasteiger charge is 2.15. The second-order valence-electron chi connectivity index (χ2n) is 4.06. The molecule has 7 nitrogen and oxygen atoms in total. The highest BCUT2D eigenvalue weighted by atomic mass is 35.5. The van der Waals surface area contributed by atoms with Gasteiger partial charge in [0.2, 0.25) is 0 Å². The Balaban J connectivity index is 2.23. The van der Waals surface area contributed by atoms with Gasteiger partial charge < -0.3 is 9.73 Å². The molecular formula is C14H8ClN3O4. The maximum absolute atomic E-state index is 12.0. The van der Waals surface area contributed by atoms with Crippen LogP contribution in [-0.4, -0.2) is 10.8 Å². The van der Waals surface area contributed by atoms with E-state index < -0.39 is 10.8 Å². The maximum atomic E-state index is 12.0. The van der Waals surface area contributed by atoms with E-state index in [1.54, 1.807) is 18.2 Å². The molecule has 0 bridgehead atoms. The molecule has 2 aromatic rings. The largest absolute Gasteiger partial charge is 0.465 e. The Morgan fingerprint density at radius 3 is 2.82 bits per heavy atom. The number of halogens is 1. The number of anilines is 1. The number of amides is 1. The molecule has 22 heavy (non-hydrogen) atoms.